The summed E-state index contributed by atoms with van der Waals surface area (Å²) in [5.74, 6) is 2.72. The van der Waals surface area contributed by atoms with Gasteiger partial charge < -0.3 is 15.3 Å². The van der Waals surface area contributed by atoms with Gasteiger partial charge in [-0.2, -0.15) is 0 Å². The zero-order valence-electron chi connectivity index (χ0n) is 13.8. The number of rotatable bonds is 3. The summed E-state index contributed by atoms with van der Waals surface area (Å²) >= 11 is 0. The van der Waals surface area contributed by atoms with Gasteiger partial charge in [-0.05, 0) is 18.3 Å². The summed E-state index contributed by atoms with van der Waals surface area (Å²) in [5.41, 5.74) is 0. The van der Waals surface area contributed by atoms with E-state index in [4.69, 9.17) is 5.32 Å². The third-order valence-corrected chi connectivity index (χ3v) is 7.38. The summed E-state index contributed by atoms with van der Waals surface area (Å²) in [4.78, 5) is 1.82. The average Bonchev–Trinajstić information content (AvgIpc) is 2.95. The van der Waals surface area contributed by atoms with E-state index in [1.807, 2.05) is 11.0 Å². The van der Waals surface area contributed by atoms with Crippen molar-refractivity contribution in [2.45, 2.75) is 63.1 Å². The van der Waals surface area contributed by atoms with Crippen LogP contribution in [0.1, 0.15) is 44.9 Å². The third-order valence-electron chi connectivity index (χ3n) is 7.38. The molecular weight excluding hydrogens is 272 g/mol. The van der Waals surface area contributed by atoms with Gasteiger partial charge in [-0.3, -0.25) is 0 Å². The maximum atomic E-state index is 9.63. The van der Waals surface area contributed by atoms with Crippen LogP contribution >= 0.6 is 0 Å². The minimum absolute atomic E-state index is 0.271. The van der Waals surface area contributed by atoms with Gasteiger partial charge in [0.05, 0.1) is 19.1 Å². The summed E-state index contributed by atoms with van der Waals surface area (Å²) < 4.78 is 0. The van der Waals surface area contributed by atoms with Crippen molar-refractivity contribution in [3.8, 4) is 0 Å². The number of aliphatic hydroxyl groups excluding tert-OH is 1. The number of hydrogen-bond donors (Lipinski definition) is 2. The Labute approximate surface area is 135 Å². The molecule has 8 atom stereocenters. The highest BCUT2D eigenvalue weighted by atomic mass is 16.3. The zero-order chi connectivity index (χ0) is 15.1. The molecule has 3 heteroatoms. The smallest absolute Gasteiger partial charge is 0.0775 e. The van der Waals surface area contributed by atoms with Crippen LogP contribution in [0.5, 0.6) is 0 Å². The molecule has 0 aromatic carbocycles. The summed E-state index contributed by atoms with van der Waals surface area (Å²) in [6, 6.07) is 2.05. The second-order valence-corrected chi connectivity index (χ2v) is 8.24. The molecule has 0 spiro atoms. The largest absolute Gasteiger partial charge is 0.651 e. The molecule has 1 aliphatic carbocycles. The highest BCUT2D eigenvalue weighted by Crippen LogP contribution is 2.49. The second kappa shape index (κ2) is 6.26. The van der Waals surface area contributed by atoms with E-state index in [1.165, 1.54) is 58.0 Å². The minimum atomic E-state index is 0.271. The Morgan fingerprint density at radius 1 is 1.14 bits per heavy atom. The van der Waals surface area contributed by atoms with Gasteiger partial charge in [-0.25, -0.2) is 0 Å². The number of hydrogen-bond acceptors (Lipinski definition) is 1. The van der Waals surface area contributed by atoms with Crippen molar-refractivity contribution in [3.63, 3.8) is 0 Å². The van der Waals surface area contributed by atoms with Crippen LogP contribution in [0.3, 0.4) is 0 Å². The predicted molar refractivity (Wildman–Crippen MR) is 89.0 cm³/mol. The van der Waals surface area contributed by atoms with Crippen LogP contribution in [-0.2, 0) is 0 Å². The van der Waals surface area contributed by atoms with E-state index < -0.39 is 0 Å². The monoisotopic (exact) mass is 304 g/mol. The number of nitrogens with zero attached hydrogens (tertiary/aromatic N) is 1. The Kier molecular flexibility index (Phi) is 4.31. The van der Waals surface area contributed by atoms with Crippen molar-refractivity contribution in [2.24, 2.45) is 23.7 Å². The van der Waals surface area contributed by atoms with Gasteiger partial charge in [0.2, 0.25) is 0 Å². The molecule has 0 aromatic rings. The number of nitrogens with one attached hydrogen (secondary N) is 1. The van der Waals surface area contributed by atoms with Gasteiger partial charge in [-0.1, -0.05) is 43.7 Å². The van der Waals surface area contributed by atoms with Gasteiger partial charge in [0.15, 0.2) is 0 Å². The van der Waals surface area contributed by atoms with Crippen molar-refractivity contribution in [2.75, 3.05) is 19.7 Å². The van der Waals surface area contributed by atoms with E-state index in [0.717, 1.165) is 17.9 Å². The van der Waals surface area contributed by atoms with Crippen LogP contribution < -0.4 is 4.90 Å². The molecule has 3 heterocycles. The van der Waals surface area contributed by atoms with Gasteiger partial charge in [-0.15, -0.1) is 12.6 Å². The Morgan fingerprint density at radius 2 is 1.95 bits per heavy atom. The lowest BCUT2D eigenvalue weighted by atomic mass is 9.70. The molecule has 0 amide bonds. The first-order valence-electron chi connectivity index (χ1n) is 9.59. The molecule has 4 aliphatic rings. The van der Waals surface area contributed by atoms with Crippen molar-refractivity contribution in [3.05, 3.63) is 18.0 Å². The predicted octanol–water partition coefficient (Wildman–Crippen LogP) is 1.78. The number of quaternary nitrogens is 1. The molecule has 3 aliphatic heterocycles. The Hall–Kier alpha value is -0.380. The first-order chi connectivity index (χ1) is 10.8. The van der Waals surface area contributed by atoms with E-state index >= 15 is 0 Å². The molecule has 0 aromatic heterocycles. The second-order valence-electron chi connectivity index (χ2n) is 8.24. The SMILES string of the molecule is C=C[C@@H](CO)[C@H]1CC[NH+]2CCC3C4CCCCC4[N-]C3C2C1. The first-order valence-corrected chi connectivity index (χ1v) is 9.59. The molecular formula is C19H32N2O. The van der Waals surface area contributed by atoms with E-state index in [-0.39, 0.29) is 6.61 Å². The van der Waals surface area contributed by atoms with Gasteiger partial charge >= 0.3 is 0 Å². The molecule has 2 N–H and O–H groups in total. The third kappa shape index (κ3) is 2.46. The fourth-order valence-corrected chi connectivity index (χ4v) is 6.21. The van der Waals surface area contributed by atoms with Gasteiger partial charge in [0.1, 0.15) is 0 Å². The molecule has 0 radical (unpaired) electrons. The molecule has 3 nitrogen and oxygen atoms in total. The van der Waals surface area contributed by atoms with Crippen LogP contribution in [0, 0.1) is 23.7 Å². The molecule has 4 rings (SSSR count). The topological polar surface area (TPSA) is 38.8 Å². The van der Waals surface area contributed by atoms with Crippen molar-refractivity contribution in [1.29, 1.82) is 0 Å². The molecule has 22 heavy (non-hydrogen) atoms. The molecule has 0 bridgehead atoms. The molecule has 124 valence electrons. The molecule has 6 unspecified atom stereocenters. The lowest BCUT2D eigenvalue weighted by Crippen LogP contribution is -3.19. The quantitative estimate of drug-likeness (QED) is 0.767. The van der Waals surface area contributed by atoms with Crippen LogP contribution in [0.15, 0.2) is 12.7 Å². The molecule has 4 fully saturated rings. The fraction of sp³-hybridized carbons (Fsp3) is 0.895. The number of piperidine rings is 2. The van der Waals surface area contributed by atoms with Crippen molar-refractivity contribution in [1.82, 2.24) is 0 Å². The van der Waals surface area contributed by atoms with Gasteiger partial charge in [0, 0.05) is 25.4 Å². The molecule has 3 saturated heterocycles. The summed E-state index contributed by atoms with van der Waals surface area (Å²) in [6.45, 7) is 6.87. The van der Waals surface area contributed by atoms with Crippen molar-refractivity contribution < 1.29 is 10.0 Å². The molecule has 1 saturated carbocycles. The summed E-state index contributed by atoms with van der Waals surface area (Å²) in [5, 5.41) is 15.0. The highest BCUT2D eigenvalue weighted by Gasteiger charge is 2.47. The lowest BCUT2D eigenvalue weighted by Gasteiger charge is -2.50. The van der Waals surface area contributed by atoms with Crippen LogP contribution in [0.2, 0.25) is 0 Å². The van der Waals surface area contributed by atoms with E-state index in [1.54, 1.807) is 0 Å². The van der Waals surface area contributed by atoms with E-state index in [0.29, 0.717) is 23.9 Å². The lowest BCUT2D eigenvalue weighted by molar-refractivity contribution is -0.938. The summed E-state index contributed by atoms with van der Waals surface area (Å²) in [6.07, 6.45) is 11.5. The Balaban J connectivity index is 1.50. The first kappa shape index (κ1) is 15.2. The van der Waals surface area contributed by atoms with E-state index in [9.17, 15) is 5.11 Å². The Bertz CT molecular complexity index is 412. The zero-order valence-corrected chi connectivity index (χ0v) is 13.8. The van der Waals surface area contributed by atoms with Crippen LogP contribution in [0.25, 0.3) is 5.32 Å². The summed E-state index contributed by atoms with van der Waals surface area (Å²) in [7, 11) is 0. The normalized spacial score (nSPS) is 48.9. The average molecular weight is 304 g/mol. The number of fused-ring (bicyclic) bond motifs is 5. The highest BCUT2D eigenvalue weighted by molar-refractivity contribution is 5.19. The van der Waals surface area contributed by atoms with Gasteiger partial charge in [0.25, 0.3) is 0 Å². The fourth-order valence-electron chi connectivity index (χ4n) is 6.21. The maximum absolute atomic E-state index is 9.63. The number of aliphatic hydroxyl groups is 1. The van der Waals surface area contributed by atoms with Crippen molar-refractivity contribution >= 4 is 0 Å². The standard InChI is InChI=1S/C19H31N2O/c1-2-13(12-22)14-7-9-21-10-8-16-15-5-3-4-6-17(15)20-19(16)18(21)11-14/h2,13-19,22H,1,3-12H2/q-1/p+1/t13-,14-,15?,16?,17?,18?,19?/m0/s1. The Morgan fingerprint density at radius 3 is 2.77 bits per heavy atom. The van der Waals surface area contributed by atoms with E-state index in [2.05, 4.69) is 6.58 Å². The maximum Gasteiger partial charge on any atom is 0.0775 e. The van der Waals surface area contributed by atoms with Crippen LogP contribution in [-0.4, -0.2) is 42.9 Å². The van der Waals surface area contributed by atoms with Crippen LogP contribution in [0.4, 0.5) is 0 Å². The minimum Gasteiger partial charge on any atom is -0.651 e.